The Bertz CT molecular complexity index is 672. The van der Waals surface area contributed by atoms with Crippen LogP contribution in [0.3, 0.4) is 0 Å². The van der Waals surface area contributed by atoms with Gasteiger partial charge >= 0.3 is 0 Å². The molecule has 0 saturated heterocycles. The molecule has 2 nitrogen and oxygen atoms in total. The normalized spacial score (nSPS) is 13.3. The Morgan fingerprint density at radius 3 is 2.08 bits per heavy atom. The molecule has 1 heterocycles. The molecule has 142 valence electrons. The summed E-state index contributed by atoms with van der Waals surface area (Å²) in [4.78, 5) is 2.66. The Labute approximate surface area is 159 Å². The Kier molecular flexibility index (Phi) is 7.37. The number of rotatable bonds is 11. The standard InChI is InChI=1S/C24H35NO/c1-3-5-7-9-16-25(17-10-8-6-4-2)23-15-14-21-19-26-18-20-12-11-13-22(23)24(20)21/h11-15H,3-10,16-19H2,1-2H3. The van der Waals surface area contributed by atoms with Gasteiger partial charge in [-0.05, 0) is 35.4 Å². The number of ether oxygens (including phenoxy) is 1. The highest BCUT2D eigenvalue weighted by atomic mass is 16.5. The fraction of sp³-hybridized carbons (Fsp3) is 0.583. The number of hydrogen-bond donors (Lipinski definition) is 0. The van der Waals surface area contributed by atoms with Crippen molar-refractivity contribution in [2.75, 3.05) is 18.0 Å². The van der Waals surface area contributed by atoms with E-state index in [-0.39, 0.29) is 0 Å². The molecule has 0 radical (unpaired) electrons. The molecule has 0 aliphatic carbocycles. The van der Waals surface area contributed by atoms with Crippen molar-refractivity contribution in [2.45, 2.75) is 78.4 Å². The lowest BCUT2D eigenvalue weighted by Crippen LogP contribution is -2.26. The van der Waals surface area contributed by atoms with Gasteiger partial charge in [0.15, 0.2) is 0 Å². The SMILES string of the molecule is CCCCCCN(CCCCCC)c1ccc2c3c(cccc13)COC2. The van der Waals surface area contributed by atoms with Crippen molar-refractivity contribution in [3.63, 3.8) is 0 Å². The zero-order valence-corrected chi connectivity index (χ0v) is 16.7. The molecule has 0 bridgehead atoms. The molecule has 3 rings (SSSR count). The average Bonchev–Trinajstić information content (AvgIpc) is 2.68. The van der Waals surface area contributed by atoms with Crippen molar-refractivity contribution < 1.29 is 4.74 Å². The fourth-order valence-corrected chi connectivity index (χ4v) is 4.14. The second kappa shape index (κ2) is 9.97. The van der Waals surface area contributed by atoms with Crippen LogP contribution in [-0.2, 0) is 18.0 Å². The largest absolute Gasteiger partial charge is 0.372 e. The van der Waals surface area contributed by atoms with E-state index < -0.39 is 0 Å². The minimum absolute atomic E-state index is 0.751. The topological polar surface area (TPSA) is 12.5 Å². The van der Waals surface area contributed by atoms with Crippen molar-refractivity contribution in [3.05, 3.63) is 41.5 Å². The van der Waals surface area contributed by atoms with Crippen LogP contribution in [0.4, 0.5) is 5.69 Å². The Morgan fingerprint density at radius 1 is 0.769 bits per heavy atom. The van der Waals surface area contributed by atoms with E-state index in [2.05, 4.69) is 49.1 Å². The summed E-state index contributed by atoms with van der Waals surface area (Å²) in [6.45, 7) is 8.44. The molecule has 0 aromatic heterocycles. The van der Waals surface area contributed by atoms with Gasteiger partial charge in [0.1, 0.15) is 0 Å². The number of nitrogens with zero attached hydrogens (tertiary/aromatic N) is 1. The molecule has 0 spiro atoms. The molecule has 2 aromatic carbocycles. The Balaban J connectivity index is 1.83. The molecule has 1 aliphatic rings. The van der Waals surface area contributed by atoms with Crippen LogP contribution in [0.15, 0.2) is 30.3 Å². The van der Waals surface area contributed by atoms with E-state index in [0.29, 0.717) is 0 Å². The zero-order chi connectivity index (χ0) is 18.2. The summed E-state index contributed by atoms with van der Waals surface area (Å²) in [6.07, 6.45) is 10.6. The highest BCUT2D eigenvalue weighted by Gasteiger charge is 2.17. The van der Waals surface area contributed by atoms with Crippen molar-refractivity contribution in [2.24, 2.45) is 0 Å². The number of anilines is 1. The van der Waals surface area contributed by atoms with Crippen molar-refractivity contribution >= 4 is 16.5 Å². The van der Waals surface area contributed by atoms with Crippen LogP contribution in [0.5, 0.6) is 0 Å². The highest BCUT2D eigenvalue weighted by Crippen LogP contribution is 2.35. The maximum Gasteiger partial charge on any atom is 0.0727 e. The van der Waals surface area contributed by atoms with Gasteiger partial charge in [-0.1, -0.05) is 76.6 Å². The summed E-state index contributed by atoms with van der Waals surface area (Å²) >= 11 is 0. The molecule has 0 unspecified atom stereocenters. The van der Waals surface area contributed by atoms with Gasteiger partial charge in [0.05, 0.1) is 13.2 Å². The van der Waals surface area contributed by atoms with Gasteiger partial charge in [0, 0.05) is 24.2 Å². The number of benzene rings is 2. The Hall–Kier alpha value is -1.54. The quantitative estimate of drug-likeness (QED) is 0.410. The molecule has 0 atom stereocenters. The molecule has 2 heteroatoms. The summed E-state index contributed by atoms with van der Waals surface area (Å²) in [7, 11) is 0. The van der Waals surface area contributed by atoms with E-state index in [1.54, 1.807) is 0 Å². The lowest BCUT2D eigenvalue weighted by Gasteiger charge is -2.28. The first-order valence-corrected chi connectivity index (χ1v) is 10.7. The number of unbranched alkanes of at least 4 members (excludes halogenated alkanes) is 6. The molecular weight excluding hydrogens is 318 g/mol. The predicted octanol–water partition coefficient (Wildman–Crippen LogP) is 6.84. The smallest absolute Gasteiger partial charge is 0.0727 e. The average molecular weight is 354 g/mol. The first kappa shape index (κ1) is 19.2. The minimum Gasteiger partial charge on any atom is -0.372 e. The molecule has 0 saturated carbocycles. The zero-order valence-electron chi connectivity index (χ0n) is 16.7. The van der Waals surface area contributed by atoms with Crippen LogP contribution in [-0.4, -0.2) is 13.1 Å². The van der Waals surface area contributed by atoms with E-state index in [9.17, 15) is 0 Å². The lowest BCUT2D eigenvalue weighted by atomic mass is 9.96. The van der Waals surface area contributed by atoms with Gasteiger partial charge in [0.2, 0.25) is 0 Å². The maximum atomic E-state index is 5.76. The molecule has 2 aromatic rings. The Morgan fingerprint density at radius 2 is 1.42 bits per heavy atom. The second-order valence-electron chi connectivity index (χ2n) is 7.68. The minimum atomic E-state index is 0.751. The summed E-state index contributed by atoms with van der Waals surface area (Å²) in [5.41, 5.74) is 4.13. The van der Waals surface area contributed by atoms with Crippen LogP contribution in [0, 0.1) is 0 Å². The van der Waals surface area contributed by atoms with Crippen LogP contribution < -0.4 is 4.90 Å². The first-order chi connectivity index (χ1) is 12.8. The second-order valence-corrected chi connectivity index (χ2v) is 7.68. The van der Waals surface area contributed by atoms with Gasteiger partial charge in [-0.25, -0.2) is 0 Å². The summed E-state index contributed by atoms with van der Waals surface area (Å²) < 4.78 is 5.76. The number of hydrogen-bond acceptors (Lipinski definition) is 2. The molecule has 26 heavy (non-hydrogen) atoms. The van der Waals surface area contributed by atoms with Crippen LogP contribution in [0.2, 0.25) is 0 Å². The highest BCUT2D eigenvalue weighted by molar-refractivity contribution is 5.98. The molecule has 0 amide bonds. The molecule has 0 fully saturated rings. The monoisotopic (exact) mass is 353 g/mol. The van der Waals surface area contributed by atoms with E-state index in [4.69, 9.17) is 4.74 Å². The predicted molar refractivity (Wildman–Crippen MR) is 113 cm³/mol. The van der Waals surface area contributed by atoms with E-state index in [1.807, 2.05) is 0 Å². The fourth-order valence-electron chi connectivity index (χ4n) is 4.14. The van der Waals surface area contributed by atoms with Gasteiger partial charge in [-0.3, -0.25) is 0 Å². The van der Waals surface area contributed by atoms with Crippen LogP contribution >= 0.6 is 0 Å². The van der Waals surface area contributed by atoms with Crippen LogP contribution in [0.1, 0.15) is 76.3 Å². The first-order valence-electron chi connectivity index (χ1n) is 10.7. The van der Waals surface area contributed by atoms with Crippen molar-refractivity contribution in [1.82, 2.24) is 0 Å². The molecule has 0 N–H and O–H groups in total. The van der Waals surface area contributed by atoms with Gasteiger partial charge < -0.3 is 9.64 Å². The van der Waals surface area contributed by atoms with E-state index in [1.165, 1.54) is 92.0 Å². The van der Waals surface area contributed by atoms with Gasteiger partial charge in [0.25, 0.3) is 0 Å². The summed E-state index contributed by atoms with van der Waals surface area (Å²) in [5.74, 6) is 0. The van der Waals surface area contributed by atoms with E-state index >= 15 is 0 Å². The third-order valence-electron chi connectivity index (χ3n) is 5.61. The van der Waals surface area contributed by atoms with Gasteiger partial charge in [-0.2, -0.15) is 0 Å². The third-order valence-corrected chi connectivity index (χ3v) is 5.61. The lowest BCUT2D eigenvalue weighted by molar-refractivity contribution is 0.103. The summed E-state index contributed by atoms with van der Waals surface area (Å²) in [6, 6.07) is 11.4. The molecule has 1 aliphatic heterocycles. The maximum absolute atomic E-state index is 5.76. The third kappa shape index (κ3) is 4.59. The molecular formula is C24H35NO. The summed E-state index contributed by atoms with van der Waals surface area (Å²) in [5, 5.41) is 2.87. The van der Waals surface area contributed by atoms with Crippen molar-refractivity contribution in [1.29, 1.82) is 0 Å². The van der Waals surface area contributed by atoms with Crippen LogP contribution in [0.25, 0.3) is 10.8 Å². The van der Waals surface area contributed by atoms with Crippen molar-refractivity contribution in [3.8, 4) is 0 Å². The van der Waals surface area contributed by atoms with E-state index in [0.717, 1.165) is 13.2 Å². The van der Waals surface area contributed by atoms with Gasteiger partial charge in [-0.15, -0.1) is 0 Å².